The molecular formula is C14H21N3O. The summed E-state index contributed by atoms with van der Waals surface area (Å²) >= 11 is 0. The van der Waals surface area contributed by atoms with Gasteiger partial charge in [0.2, 0.25) is 0 Å². The maximum Gasteiger partial charge on any atom is 0.255 e. The van der Waals surface area contributed by atoms with Gasteiger partial charge in [-0.05, 0) is 42.4 Å². The van der Waals surface area contributed by atoms with Crippen molar-refractivity contribution in [1.82, 2.24) is 10.4 Å². The number of rotatable bonds is 3. The van der Waals surface area contributed by atoms with Crippen molar-refractivity contribution in [1.29, 1.82) is 0 Å². The van der Waals surface area contributed by atoms with Gasteiger partial charge >= 0.3 is 0 Å². The Morgan fingerprint density at radius 1 is 1.28 bits per heavy atom. The predicted molar refractivity (Wildman–Crippen MR) is 71.8 cm³/mol. The Bertz CT molecular complexity index is 443. The zero-order valence-electron chi connectivity index (χ0n) is 11.1. The lowest BCUT2D eigenvalue weighted by Crippen LogP contribution is -2.42. The normalized spacial score (nSPS) is 16.2. The summed E-state index contributed by atoms with van der Waals surface area (Å²) in [6.45, 7) is 0. The van der Waals surface area contributed by atoms with E-state index in [2.05, 4.69) is 17.6 Å². The van der Waals surface area contributed by atoms with E-state index in [0.717, 1.165) is 18.4 Å². The van der Waals surface area contributed by atoms with E-state index < -0.39 is 6.04 Å². The van der Waals surface area contributed by atoms with E-state index >= 15 is 0 Å². The molecule has 0 spiro atoms. The van der Waals surface area contributed by atoms with Crippen LogP contribution in [-0.2, 0) is 17.6 Å². The molecule has 1 aromatic rings. The van der Waals surface area contributed by atoms with Gasteiger partial charge in [0.25, 0.3) is 5.91 Å². The maximum atomic E-state index is 11.8. The van der Waals surface area contributed by atoms with Crippen molar-refractivity contribution >= 4 is 5.91 Å². The van der Waals surface area contributed by atoms with Crippen LogP contribution in [0.25, 0.3) is 0 Å². The summed E-state index contributed by atoms with van der Waals surface area (Å²) in [5, 5.41) is 1.61. The van der Waals surface area contributed by atoms with Crippen LogP contribution in [0.5, 0.6) is 0 Å². The summed E-state index contributed by atoms with van der Waals surface area (Å²) in [7, 11) is 3.55. The molecule has 0 saturated carbocycles. The number of hydrogen-bond donors (Lipinski definition) is 2. The fourth-order valence-corrected chi connectivity index (χ4v) is 2.39. The summed E-state index contributed by atoms with van der Waals surface area (Å²) in [5.41, 5.74) is 12.3. The van der Waals surface area contributed by atoms with Crippen LogP contribution in [0.15, 0.2) is 18.2 Å². The minimum absolute atomic E-state index is 0.171. The number of hydrogen-bond acceptors (Lipinski definition) is 3. The fourth-order valence-electron chi connectivity index (χ4n) is 2.39. The second kappa shape index (κ2) is 5.50. The number of benzene rings is 1. The van der Waals surface area contributed by atoms with Crippen LogP contribution in [0, 0.1) is 0 Å². The smallest absolute Gasteiger partial charge is 0.255 e. The molecule has 4 heteroatoms. The van der Waals surface area contributed by atoms with Gasteiger partial charge < -0.3 is 5.73 Å². The second-order valence-corrected chi connectivity index (χ2v) is 5.08. The van der Waals surface area contributed by atoms with Gasteiger partial charge in [-0.1, -0.05) is 18.2 Å². The average molecular weight is 247 g/mol. The highest BCUT2D eigenvalue weighted by Crippen LogP contribution is 2.24. The predicted octanol–water partition coefficient (Wildman–Crippen LogP) is 1.16. The molecule has 18 heavy (non-hydrogen) atoms. The molecule has 1 aliphatic rings. The van der Waals surface area contributed by atoms with Crippen molar-refractivity contribution in [3.05, 3.63) is 34.9 Å². The summed E-state index contributed by atoms with van der Waals surface area (Å²) in [6, 6.07) is 5.59. The molecule has 3 N–H and O–H groups in total. The number of fused-ring (bicyclic) bond motifs is 1. The molecule has 0 saturated heterocycles. The molecule has 1 unspecified atom stereocenters. The minimum Gasteiger partial charge on any atom is -0.316 e. The monoisotopic (exact) mass is 247 g/mol. The Balaban J connectivity index is 2.15. The summed E-state index contributed by atoms with van der Waals surface area (Å²) in [5.74, 6) is -0.171. The standard InChI is InChI=1S/C14H21N3O/c1-17(2)16-14(18)13(15)12-8-7-10-5-3-4-6-11(10)9-12/h7-9,13H,3-6,15H2,1-2H3,(H,16,18). The van der Waals surface area contributed by atoms with Crippen LogP contribution < -0.4 is 11.2 Å². The first kappa shape index (κ1) is 13.1. The highest BCUT2D eigenvalue weighted by molar-refractivity contribution is 5.82. The molecule has 0 heterocycles. The van der Waals surface area contributed by atoms with E-state index in [4.69, 9.17) is 5.73 Å². The third-order valence-electron chi connectivity index (χ3n) is 3.35. The molecule has 0 aliphatic heterocycles. The number of nitrogens with two attached hydrogens (primary N) is 1. The van der Waals surface area contributed by atoms with Crippen LogP contribution >= 0.6 is 0 Å². The first-order chi connectivity index (χ1) is 8.58. The third kappa shape index (κ3) is 2.89. The topological polar surface area (TPSA) is 58.4 Å². The number of aryl methyl sites for hydroxylation is 2. The molecule has 1 atom stereocenters. The van der Waals surface area contributed by atoms with E-state index in [-0.39, 0.29) is 5.91 Å². The molecule has 4 nitrogen and oxygen atoms in total. The van der Waals surface area contributed by atoms with Crippen molar-refractivity contribution in [2.24, 2.45) is 5.73 Å². The van der Waals surface area contributed by atoms with Gasteiger partial charge in [-0.3, -0.25) is 10.2 Å². The van der Waals surface area contributed by atoms with E-state index in [9.17, 15) is 4.79 Å². The van der Waals surface area contributed by atoms with Gasteiger partial charge in [0.15, 0.2) is 0 Å². The molecule has 0 bridgehead atoms. The number of hydrazine groups is 1. The molecule has 2 rings (SSSR count). The second-order valence-electron chi connectivity index (χ2n) is 5.08. The number of nitrogens with zero attached hydrogens (tertiary/aromatic N) is 1. The number of carbonyl (C=O) groups excluding carboxylic acids is 1. The zero-order chi connectivity index (χ0) is 13.1. The third-order valence-corrected chi connectivity index (χ3v) is 3.35. The van der Waals surface area contributed by atoms with Crippen molar-refractivity contribution < 1.29 is 4.79 Å². The van der Waals surface area contributed by atoms with Crippen molar-refractivity contribution in [2.75, 3.05) is 14.1 Å². The van der Waals surface area contributed by atoms with Crippen LogP contribution in [0.1, 0.15) is 35.6 Å². The molecule has 1 amide bonds. The average Bonchev–Trinajstić information content (AvgIpc) is 2.36. The Hall–Kier alpha value is -1.39. The van der Waals surface area contributed by atoms with Crippen LogP contribution in [-0.4, -0.2) is 25.0 Å². The van der Waals surface area contributed by atoms with E-state index in [1.165, 1.54) is 24.0 Å². The van der Waals surface area contributed by atoms with E-state index in [1.807, 2.05) is 6.07 Å². The van der Waals surface area contributed by atoms with Gasteiger partial charge in [0.05, 0.1) is 0 Å². The molecule has 1 aliphatic carbocycles. The van der Waals surface area contributed by atoms with Crippen LogP contribution in [0.2, 0.25) is 0 Å². The van der Waals surface area contributed by atoms with Crippen molar-refractivity contribution in [3.8, 4) is 0 Å². The first-order valence-corrected chi connectivity index (χ1v) is 6.43. The van der Waals surface area contributed by atoms with Gasteiger partial charge in [0.1, 0.15) is 6.04 Å². The fraction of sp³-hybridized carbons (Fsp3) is 0.500. The Kier molecular flexibility index (Phi) is 3.99. The number of nitrogens with one attached hydrogen (secondary N) is 1. The summed E-state index contributed by atoms with van der Waals surface area (Å²) < 4.78 is 0. The van der Waals surface area contributed by atoms with E-state index in [0.29, 0.717) is 0 Å². The Morgan fingerprint density at radius 3 is 2.61 bits per heavy atom. The van der Waals surface area contributed by atoms with Gasteiger partial charge in [-0.25, -0.2) is 5.01 Å². The zero-order valence-corrected chi connectivity index (χ0v) is 11.1. The molecule has 98 valence electrons. The maximum absolute atomic E-state index is 11.8. The van der Waals surface area contributed by atoms with E-state index in [1.54, 1.807) is 19.1 Å². The first-order valence-electron chi connectivity index (χ1n) is 6.43. The Morgan fingerprint density at radius 2 is 1.94 bits per heavy atom. The van der Waals surface area contributed by atoms with Gasteiger partial charge in [-0.15, -0.1) is 0 Å². The summed E-state index contributed by atoms with van der Waals surface area (Å²) in [4.78, 5) is 11.8. The Labute approximate surface area is 108 Å². The number of amides is 1. The largest absolute Gasteiger partial charge is 0.316 e. The molecular weight excluding hydrogens is 226 g/mol. The molecule has 0 radical (unpaired) electrons. The minimum atomic E-state index is -0.598. The summed E-state index contributed by atoms with van der Waals surface area (Å²) in [6.07, 6.45) is 4.75. The highest BCUT2D eigenvalue weighted by atomic mass is 16.2. The van der Waals surface area contributed by atoms with Crippen LogP contribution in [0.3, 0.4) is 0 Å². The quantitative estimate of drug-likeness (QED) is 0.788. The lowest BCUT2D eigenvalue weighted by Gasteiger charge is -2.20. The van der Waals surface area contributed by atoms with Crippen LogP contribution in [0.4, 0.5) is 0 Å². The van der Waals surface area contributed by atoms with Crippen molar-refractivity contribution in [2.45, 2.75) is 31.7 Å². The molecule has 1 aromatic carbocycles. The van der Waals surface area contributed by atoms with Gasteiger partial charge in [0, 0.05) is 14.1 Å². The number of carbonyl (C=O) groups is 1. The lowest BCUT2D eigenvalue weighted by atomic mass is 9.89. The lowest BCUT2D eigenvalue weighted by molar-refractivity contribution is -0.126. The molecule has 0 fully saturated rings. The van der Waals surface area contributed by atoms with Gasteiger partial charge in [-0.2, -0.15) is 0 Å². The van der Waals surface area contributed by atoms with Crippen molar-refractivity contribution in [3.63, 3.8) is 0 Å². The molecule has 0 aromatic heterocycles. The highest BCUT2D eigenvalue weighted by Gasteiger charge is 2.18. The SMILES string of the molecule is CN(C)NC(=O)C(N)c1ccc2c(c1)CCCC2.